The summed E-state index contributed by atoms with van der Waals surface area (Å²) in [5.41, 5.74) is 0. The van der Waals surface area contributed by atoms with Gasteiger partial charge in [0.1, 0.15) is 0 Å². The Kier molecular flexibility index (Phi) is 5.44. The minimum absolute atomic E-state index is 0.352. The van der Waals surface area contributed by atoms with E-state index in [2.05, 4.69) is 28.1 Å². The molecule has 0 aliphatic heterocycles. The van der Waals surface area contributed by atoms with Crippen molar-refractivity contribution >= 4 is 31.7 Å². The molecule has 1 atom stereocenters. The number of hydroxylamine groups is 1. The van der Waals surface area contributed by atoms with Crippen molar-refractivity contribution in [3.05, 3.63) is 5.21 Å². The molecule has 0 spiro atoms. The van der Waals surface area contributed by atoms with Crippen LogP contribution in [0.4, 0.5) is 0 Å². The van der Waals surface area contributed by atoms with Crippen LogP contribution >= 0.6 is 31.7 Å². The lowest BCUT2D eigenvalue weighted by Gasteiger charge is -2.23. The molecule has 0 saturated carbocycles. The molecule has 1 unspecified atom stereocenters. The quantitative estimate of drug-likeness (QED) is 0.345. The highest BCUT2D eigenvalue weighted by Crippen LogP contribution is 2.14. The summed E-state index contributed by atoms with van der Waals surface area (Å²) in [6.07, 6.45) is 0. The Balaban J connectivity index is 2.93. The van der Waals surface area contributed by atoms with E-state index in [-0.39, 0.29) is 0 Å². The molecule has 0 aromatic heterocycles. The molecule has 0 aromatic rings. The molecule has 0 radical (unpaired) electrons. The zero-order valence-electron chi connectivity index (χ0n) is 4.68. The lowest BCUT2D eigenvalue weighted by atomic mass is 11.5. The van der Waals surface area contributed by atoms with E-state index in [4.69, 9.17) is 0 Å². The van der Waals surface area contributed by atoms with Crippen molar-refractivity contribution in [2.45, 2.75) is 0 Å². The maximum atomic E-state index is 10.1. The monoisotopic (exact) mass is 248 g/mol. The second-order valence-corrected chi connectivity index (χ2v) is 4.67. The summed E-state index contributed by atoms with van der Waals surface area (Å²) in [7, 11) is 3.66. The SMILES string of the molecule is CN([O-])NPN(C)I. The van der Waals surface area contributed by atoms with Crippen LogP contribution in [-0.2, 0) is 0 Å². The van der Waals surface area contributed by atoms with Crippen LogP contribution in [0.1, 0.15) is 0 Å². The predicted molar refractivity (Wildman–Crippen MR) is 44.4 cm³/mol. The molecular weight excluding hydrogens is 240 g/mol. The molecule has 6 heteroatoms. The molecule has 50 valence electrons. The number of hydrazine groups is 1. The molecule has 0 aliphatic rings. The molecule has 1 N–H and O–H groups in total. The molecule has 0 fully saturated rings. The minimum Gasteiger partial charge on any atom is -0.772 e. The van der Waals surface area contributed by atoms with Gasteiger partial charge in [0, 0.05) is 38.8 Å². The van der Waals surface area contributed by atoms with Crippen molar-refractivity contribution in [1.29, 1.82) is 0 Å². The molecule has 0 bridgehead atoms. The number of nitrogens with one attached hydrogen (secondary N) is 1. The Morgan fingerprint density at radius 1 is 1.62 bits per heavy atom. The highest BCUT2D eigenvalue weighted by atomic mass is 127. The van der Waals surface area contributed by atoms with Crippen LogP contribution in [-0.4, -0.2) is 22.2 Å². The first-order valence-electron chi connectivity index (χ1n) is 1.94. The Labute approximate surface area is 64.5 Å². The van der Waals surface area contributed by atoms with Gasteiger partial charge in [0.2, 0.25) is 0 Å². The fraction of sp³-hybridized carbons (Fsp3) is 1.00. The molecule has 4 nitrogen and oxygen atoms in total. The van der Waals surface area contributed by atoms with Gasteiger partial charge in [0.25, 0.3) is 0 Å². The van der Waals surface area contributed by atoms with E-state index in [0.717, 1.165) is 0 Å². The van der Waals surface area contributed by atoms with E-state index in [1.807, 2.05) is 9.93 Å². The van der Waals surface area contributed by atoms with Crippen LogP contribution in [0.5, 0.6) is 0 Å². The molecule has 0 amide bonds. The molecule has 0 heterocycles. The highest BCUT2D eigenvalue weighted by molar-refractivity contribution is 14.1. The second-order valence-electron chi connectivity index (χ2n) is 1.20. The van der Waals surface area contributed by atoms with Gasteiger partial charge in [-0.15, -0.1) is 0 Å². The zero-order valence-corrected chi connectivity index (χ0v) is 7.84. The van der Waals surface area contributed by atoms with Gasteiger partial charge in [-0.3, -0.25) is 0 Å². The third-order valence-electron chi connectivity index (χ3n) is 0.362. The van der Waals surface area contributed by atoms with Crippen LogP contribution in [0.2, 0.25) is 0 Å². The maximum absolute atomic E-state index is 10.1. The van der Waals surface area contributed by atoms with Crippen molar-refractivity contribution in [1.82, 2.24) is 13.3 Å². The van der Waals surface area contributed by atoms with E-state index >= 15 is 0 Å². The van der Waals surface area contributed by atoms with Gasteiger partial charge < -0.3 is 10.4 Å². The van der Waals surface area contributed by atoms with E-state index in [1.54, 1.807) is 0 Å². The average Bonchev–Trinajstić information content (AvgIpc) is 1.61. The second kappa shape index (κ2) is 4.84. The van der Waals surface area contributed by atoms with E-state index < -0.39 is 0 Å². The van der Waals surface area contributed by atoms with Crippen LogP contribution in [0.15, 0.2) is 0 Å². The number of hydrogen-bond donors (Lipinski definition) is 1. The van der Waals surface area contributed by atoms with E-state index in [9.17, 15) is 5.21 Å². The van der Waals surface area contributed by atoms with Crippen LogP contribution < -0.4 is 5.20 Å². The van der Waals surface area contributed by atoms with Crippen LogP contribution in [0, 0.1) is 5.21 Å². The smallest absolute Gasteiger partial charge is 0.0437 e. The minimum atomic E-state index is 0.352. The van der Waals surface area contributed by atoms with Gasteiger partial charge in [-0.05, 0) is 7.05 Å². The number of nitrogens with zero attached hydrogens (tertiary/aromatic N) is 2. The number of hydrogen-bond acceptors (Lipinski definition) is 4. The maximum Gasteiger partial charge on any atom is 0.0437 e. The fourth-order valence-electron chi connectivity index (χ4n) is 0.139. The van der Waals surface area contributed by atoms with Gasteiger partial charge in [-0.2, -0.15) is 0 Å². The summed E-state index contributed by atoms with van der Waals surface area (Å²) < 4.78 is 1.87. The lowest BCUT2D eigenvalue weighted by Crippen LogP contribution is -2.22. The largest absolute Gasteiger partial charge is 0.772 e. The fourth-order valence-corrected chi connectivity index (χ4v) is 0.742. The zero-order chi connectivity index (χ0) is 6.57. The normalized spacial score (nSPS) is 12.8. The first-order chi connectivity index (χ1) is 3.63. The Morgan fingerprint density at radius 2 is 2.12 bits per heavy atom. The average molecular weight is 248 g/mol. The van der Waals surface area contributed by atoms with Crippen LogP contribution in [0.3, 0.4) is 0 Å². The number of halogens is 1. The number of rotatable bonds is 3. The van der Waals surface area contributed by atoms with Crippen molar-refractivity contribution in [3.8, 4) is 0 Å². The van der Waals surface area contributed by atoms with Gasteiger partial charge in [0.05, 0.1) is 0 Å². The predicted octanol–water partition coefficient (Wildman–Crippen LogP) is 0.711. The molecular formula is C2H8IN3OP-. The van der Waals surface area contributed by atoms with E-state index in [1.165, 1.54) is 7.05 Å². The van der Waals surface area contributed by atoms with Gasteiger partial charge in [-0.25, -0.2) is 8.08 Å². The van der Waals surface area contributed by atoms with Crippen molar-refractivity contribution < 1.29 is 0 Å². The summed E-state index contributed by atoms with van der Waals surface area (Å²) in [6.45, 7) is 0. The third kappa shape index (κ3) is 7.00. The van der Waals surface area contributed by atoms with Gasteiger partial charge in [-0.1, -0.05) is 0 Å². The summed E-state index contributed by atoms with van der Waals surface area (Å²) in [5.74, 6) is 0. The molecule has 0 saturated heterocycles. The summed E-state index contributed by atoms with van der Waals surface area (Å²) >= 11 is 2.09. The lowest BCUT2D eigenvalue weighted by molar-refractivity contribution is 0.428. The van der Waals surface area contributed by atoms with Crippen molar-refractivity contribution in [2.24, 2.45) is 0 Å². The van der Waals surface area contributed by atoms with Gasteiger partial charge >= 0.3 is 0 Å². The third-order valence-corrected chi connectivity index (χ3v) is 1.81. The summed E-state index contributed by atoms with van der Waals surface area (Å²) in [4.78, 5) is 0. The van der Waals surface area contributed by atoms with Crippen molar-refractivity contribution in [2.75, 3.05) is 14.1 Å². The molecule has 0 aromatic carbocycles. The summed E-state index contributed by atoms with van der Waals surface area (Å²) in [5, 5.41) is 13.4. The van der Waals surface area contributed by atoms with E-state index in [0.29, 0.717) is 14.1 Å². The molecule has 0 aliphatic carbocycles. The first kappa shape index (κ1) is 9.00. The Bertz CT molecular complexity index is 53.2. The topological polar surface area (TPSA) is 41.6 Å². The standard InChI is InChI=1S/C2H8IN3OP/c1-5(3)8-4-6(2)7/h4,8H,1-2H3/q-1. The first-order valence-corrected chi connectivity index (χ1v) is 3.86. The highest BCUT2D eigenvalue weighted by Gasteiger charge is 1.85. The van der Waals surface area contributed by atoms with Gasteiger partial charge in [0.15, 0.2) is 0 Å². The molecule has 0 rings (SSSR count). The van der Waals surface area contributed by atoms with Crippen LogP contribution in [0.25, 0.3) is 0 Å². The Hall–Kier alpha value is 1.00. The van der Waals surface area contributed by atoms with Crippen molar-refractivity contribution in [3.63, 3.8) is 0 Å². The summed E-state index contributed by atoms with van der Waals surface area (Å²) in [6, 6.07) is 0. The Morgan fingerprint density at radius 3 is 2.25 bits per heavy atom. The molecule has 8 heavy (non-hydrogen) atoms.